The van der Waals surface area contributed by atoms with Crippen LogP contribution in [0.25, 0.3) is 0 Å². The molecule has 0 spiro atoms. The van der Waals surface area contributed by atoms with Crippen LogP contribution >= 0.6 is 7.82 Å². The first kappa shape index (κ1) is 51.0. The minimum atomic E-state index is -4.36. The third kappa shape index (κ3) is 38.7. The average molecular weight is 762 g/mol. The molecule has 0 bridgehead atoms. The fraction of sp³-hybridized carbons (Fsp3) is 0.952. The van der Waals surface area contributed by atoms with Gasteiger partial charge in [0.25, 0.3) is 0 Å². The molecule has 9 nitrogen and oxygen atoms in total. The molecule has 0 radical (unpaired) electrons. The van der Waals surface area contributed by atoms with Crippen molar-refractivity contribution in [2.75, 3.05) is 26.4 Å². The van der Waals surface area contributed by atoms with Crippen LogP contribution in [0.3, 0.4) is 0 Å². The van der Waals surface area contributed by atoms with Crippen molar-refractivity contribution in [3.05, 3.63) is 0 Å². The van der Waals surface area contributed by atoms with Crippen LogP contribution in [0.4, 0.5) is 0 Å². The Bertz CT molecular complexity index is 830. The Labute approximate surface area is 320 Å². The van der Waals surface area contributed by atoms with E-state index in [0.29, 0.717) is 6.42 Å². The molecule has 0 heterocycles. The van der Waals surface area contributed by atoms with Crippen LogP contribution in [0.1, 0.15) is 226 Å². The van der Waals surface area contributed by atoms with Gasteiger partial charge in [-0.2, -0.15) is 0 Å². The standard InChI is InChI=1S/C42H84NO8P/c1-3-5-7-9-10-11-12-13-14-15-16-17-18-19-20-21-22-23-24-25-26-27-28-29-31-33-35-42(45)51-40(39-50-52(46,47)49-37-36-43)38-48-41(44)34-32-30-8-6-4-2/h40H,3-39,43H2,1-2H3,(H,46,47). The van der Waals surface area contributed by atoms with Gasteiger partial charge >= 0.3 is 19.8 Å². The Kier molecular flexibility index (Phi) is 38.9. The fourth-order valence-corrected chi connectivity index (χ4v) is 7.23. The predicted octanol–water partition coefficient (Wildman–Crippen LogP) is 12.4. The third-order valence-corrected chi connectivity index (χ3v) is 10.7. The maximum absolute atomic E-state index is 12.5. The number of carbonyl (C=O) groups excluding carboxylic acids is 2. The third-order valence-electron chi connectivity index (χ3n) is 9.74. The lowest BCUT2D eigenvalue weighted by molar-refractivity contribution is -0.161. The Morgan fingerprint density at radius 1 is 0.500 bits per heavy atom. The van der Waals surface area contributed by atoms with E-state index in [4.69, 9.17) is 24.3 Å². The summed E-state index contributed by atoms with van der Waals surface area (Å²) in [5, 5.41) is 0. The van der Waals surface area contributed by atoms with Gasteiger partial charge in [-0.3, -0.25) is 18.6 Å². The molecular weight excluding hydrogens is 677 g/mol. The van der Waals surface area contributed by atoms with Crippen LogP contribution in [0.15, 0.2) is 0 Å². The number of phosphoric ester groups is 1. The van der Waals surface area contributed by atoms with E-state index in [-0.39, 0.29) is 38.6 Å². The minimum absolute atomic E-state index is 0.0574. The Morgan fingerprint density at radius 3 is 1.17 bits per heavy atom. The monoisotopic (exact) mass is 762 g/mol. The Morgan fingerprint density at radius 2 is 0.827 bits per heavy atom. The van der Waals surface area contributed by atoms with Crippen molar-refractivity contribution < 1.29 is 37.6 Å². The average Bonchev–Trinajstić information content (AvgIpc) is 3.13. The summed E-state index contributed by atoms with van der Waals surface area (Å²) in [4.78, 5) is 34.5. The quantitative estimate of drug-likeness (QED) is 0.0354. The molecule has 2 unspecified atom stereocenters. The summed E-state index contributed by atoms with van der Waals surface area (Å²) < 4.78 is 32.5. The zero-order chi connectivity index (χ0) is 38.2. The molecule has 0 amide bonds. The molecule has 0 rings (SSSR count). The van der Waals surface area contributed by atoms with Crippen molar-refractivity contribution >= 4 is 19.8 Å². The number of ether oxygens (including phenoxy) is 2. The van der Waals surface area contributed by atoms with Crippen molar-refractivity contribution in [3.63, 3.8) is 0 Å². The van der Waals surface area contributed by atoms with Crippen molar-refractivity contribution in [2.45, 2.75) is 232 Å². The van der Waals surface area contributed by atoms with E-state index >= 15 is 0 Å². The maximum atomic E-state index is 12.5. The number of carbonyl (C=O) groups is 2. The van der Waals surface area contributed by atoms with Gasteiger partial charge in [0.2, 0.25) is 0 Å². The highest BCUT2D eigenvalue weighted by molar-refractivity contribution is 7.47. The molecule has 0 aliphatic carbocycles. The molecule has 310 valence electrons. The second-order valence-electron chi connectivity index (χ2n) is 14.9. The van der Waals surface area contributed by atoms with Crippen molar-refractivity contribution in [3.8, 4) is 0 Å². The van der Waals surface area contributed by atoms with E-state index in [1.807, 2.05) is 0 Å². The summed E-state index contributed by atoms with van der Waals surface area (Å²) in [7, 11) is -4.36. The molecule has 0 saturated heterocycles. The summed E-state index contributed by atoms with van der Waals surface area (Å²) in [5.41, 5.74) is 5.32. The SMILES string of the molecule is CCCCCCCCCCCCCCCCCCCCCCCCCCCCC(=O)OC(COC(=O)CCCCCCC)COP(=O)(O)OCCN. The lowest BCUT2D eigenvalue weighted by atomic mass is 10.0. The summed E-state index contributed by atoms with van der Waals surface area (Å²) in [6.45, 7) is 3.67. The summed E-state index contributed by atoms with van der Waals surface area (Å²) in [5.74, 6) is -0.830. The van der Waals surface area contributed by atoms with Crippen LogP contribution in [-0.4, -0.2) is 49.3 Å². The van der Waals surface area contributed by atoms with Gasteiger partial charge in [-0.25, -0.2) is 4.57 Å². The van der Waals surface area contributed by atoms with Crippen LogP contribution < -0.4 is 5.73 Å². The second kappa shape index (κ2) is 39.7. The molecule has 52 heavy (non-hydrogen) atoms. The fourth-order valence-electron chi connectivity index (χ4n) is 6.46. The van der Waals surface area contributed by atoms with Crippen LogP contribution in [0, 0.1) is 0 Å². The van der Waals surface area contributed by atoms with E-state index in [0.717, 1.165) is 44.9 Å². The normalized spacial score (nSPS) is 13.2. The van der Waals surface area contributed by atoms with Crippen LogP contribution in [-0.2, 0) is 32.7 Å². The van der Waals surface area contributed by atoms with Gasteiger partial charge in [0.1, 0.15) is 6.61 Å². The molecule has 2 atom stereocenters. The number of nitrogens with two attached hydrogens (primary N) is 1. The number of rotatable bonds is 42. The van der Waals surface area contributed by atoms with Gasteiger partial charge in [0.05, 0.1) is 13.2 Å². The smallest absolute Gasteiger partial charge is 0.462 e. The molecule has 0 aromatic heterocycles. The summed E-state index contributed by atoms with van der Waals surface area (Å²) >= 11 is 0. The molecule has 0 saturated carbocycles. The summed E-state index contributed by atoms with van der Waals surface area (Å²) in [6.07, 6.45) is 39.2. The highest BCUT2D eigenvalue weighted by Gasteiger charge is 2.26. The molecule has 0 fully saturated rings. The first-order valence-corrected chi connectivity index (χ1v) is 23.5. The van der Waals surface area contributed by atoms with Gasteiger partial charge in [0.15, 0.2) is 6.10 Å². The van der Waals surface area contributed by atoms with E-state index < -0.39 is 26.5 Å². The zero-order valence-corrected chi connectivity index (χ0v) is 35.0. The minimum Gasteiger partial charge on any atom is -0.462 e. The molecule has 0 aliphatic rings. The molecule has 3 N–H and O–H groups in total. The highest BCUT2D eigenvalue weighted by atomic mass is 31.2. The van der Waals surface area contributed by atoms with Gasteiger partial charge in [-0.05, 0) is 12.8 Å². The number of unbranched alkanes of at least 4 members (excludes halogenated alkanes) is 29. The molecule has 0 aromatic rings. The number of esters is 2. The second-order valence-corrected chi connectivity index (χ2v) is 16.4. The lowest BCUT2D eigenvalue weighted by Crippen LogP contribution is -2.29. The molecule has 10 heteroatoms. The molecule has 0 aliphatic heterocycles. The van der Waals surface area contributed by atoms with Crippen LogP contribution in [0.5, 0.6) is 0 Å². The van der Waals surface area contributed by atoms with Crippen molar-refractivity contribution in [1.82, 2.24) is 0 Å². The van der Waals surface area contributed by atoms with Gasteiger partial charge in [-0.1, -0.05) is 200 Å². The van der Waals surface area contributed by atoms with Crippen molar-refractivity contribution in [1.29, 1.82) is 0 Å². The van der Waals surface area contributed by atoms with E-state index in [1.165, 1.54) is 148 Å². The first-order valence-electron chi connectivity index (χ1n) is 22.0. The Balaban J connectivity index is 3.79. The first-order chi connectivity index (χ1) is 25.3. The van der Waals surface area contributed by atoms with Gasteiger partial charge < -0.3 is 20.1 Å². The largest absolute Gasteiger partial charge is 0.472 e. The van der Waals surface area contributed by atoms with Crippen LogP contribution in [0.2, 0.25) is 0 Å². The van der Waals surface area contributed by atoms with E-state index in [9.17, 15) is 19.0 Å². The number of hydrogen-bond donors (Lipinski definition) is 2. The van der Waals surface area contributed by atoms with Crippen molar-refractivity contribution in [2.24, 2.45) is 5.73 Å². The lowest BCUT2D eigenvalue weighted by Gasteiger charge is -2.19. The predicted molar refractivity (Wildman–Crippen MR) is 215 cm³/mol. The van der Waals surface area contributed by atoms with E-state index in [2.05, 4.69) is 13.8 Å². The molecule has 0 aromatic carbocycles. The van der Waals surface area contributed by atoms with Gasteiger partial charge in [0, 0.05) is 19.4 Å². The van der Waals surface area contributed by atoms with Gasteiger partial charge in [-0.15, -0.1) is 0 Å². The number of phosphoric acid groups is 1. The molecular formula is C42H84NO8P. The zero-order valence-electron chi connectivity index (χ0n) is 34.1. The highest BCUT2D eigenvalue weighted by Crippen LogP contribution is 2.43. The summed E-state index contributed by atoms with van der Waals surface area (Å²) in [6, 6.07) is 0. The Hall–Kier alpha value is -0.990. The maximum Gasteiger partial charge on any atom is 0.472 e. The number of hydrogen-bond acceptors (Lipinski definition) is 8. The topological polar surface area (TPSA) is 134 Å². The van der Waals surface area contributed by atoms with E-state index in [1.54, 1.807) is 0 Å².